The zero-order valence-corrected chi connectivity index (χ0v) is 7.41. The van der Waals surface area contributed by atoms with Gasteiger partial charge in [-0.15, -0.1) is 0 Å². The first kappa shape index (κ1) is 8.06. The smallest absolute Gasteiger partial charge is 0.000313 e. The summed E-state index contributed by atoms with van der Waals surface area (Å²) >= 11 is 0. The average molecular weight is 141 g/mol. The Labute approximate surface area is 64.2 Å². The first-order valence-electron chi connectivity index (χ1n) is 4.37. The van der Waals surface area contributed by atoms with Gasteiger partial charge in [0.2, 0.25) is 0 Å². The van der Waals surface area contributed by atoms with Crippen molar-refractivity contribution in [1.82, 2.24) is 5.32 Å². The monoisotopic (exact) mass is 141 g/mol. The van der Waals surface area contributed by atoms with Crippen LogP contribution in [0.2, 0.25) is 0 Å². The molecule has 10 heavy (non-hydrogen) atoms. The zero-order chi connectivity index (χ0) is 7.61. The first-order valence-corrected chi connectivity index (χ1v) is 4.37. The van der Waals surface area contributed by atoms with E-state index in [-0.39, 0.29) is 0 Å². The molecule has 0 aromatic rings. The molecule has 1 N–H and O–H groups in total. The molecule has 1 rings (SSSR count). The molecule has 1 fully saturated rings. The Hall–Kier alpha value is -0.0400. The summed E-state index contributed by atoms with van der Waals surface area (Å²) in [6.07, 6.45) is 2.70. The van der Waals surface area contributed by atoms with E-state index in [1.807, 2.05) is 0 Å². The number of hydrogen-bond donors (Lipinski definition) is 1. The summed E-state index contributed by atoms with van der Waals surface area (Å²) < 4.78 is 0. The lowest BCUT2D eigenvalue weighted by Crippen LogP contribution is -2.49. The van der Waals surface area contributed by atoms with Crippen LogP contribution >= 0.6 is 0 Å². The van der Waals surface area contributed by atoms with Crippen LogP contribution in [0.5, 0.6) is 0 Å². The summed E-state index contributed by atoms with van der Waals surface area (Å²) in [6, 6.07) is 0. The Morgan fingerprint density at radius 2 is 2.00 bits per heavy atom. The predicted molar refractivity (Wildman–Crippen MR) is 45.0 cm³/mol. The van der Waals surface area contributed by atoms with Crippen molar-refractivity contribution in [3.63, 3.8) is 0 Å². The second-order valence-corrected chi connectivity index (χ2v) is 4.09. The lowest BCUT2D eigenvalue weighted by molar-refractivity contribution is 0.132. The van der Waals surface area contributed by atoms with E-state index in [4.69, 9.17) is 0 Å². The molecule has 0 unspecified atom stereocenters. The van der Waals surface area contributed by atoms with Crippen molar-refractivity contribution < 1.29 is 0 Å². The molecule has 1 heteroatoms. The second kappa shape index (κ2) is 2.91. The van der Waals surface area contributed by atoms with Gasteiger partial charge in [0.25, 0.3) is 0 Å². The summed E-state index contributed by atoms with van der Waals surface area (Å²) in [7, 11) is 0. The van der Waals surface area contributed by atoms with Gasteiger partial charge in [0.1, 0.15) is 0 Å². The van der Waals surface area contributed by atoms with Gasteiger partial charge in [-0.3, -0.25) is 0 Å². The largest absolute Gasteiger partial charge is 0.316 e. The molecule has 0 amide bonds. The fraction of sp³-hybridized carbons (Fsp3) is 1.00. The van der Waals surface area contributed by atoms with Gasteiger partial charge in [-0.05, 0) is 30.8 Å². The maximum Gasteiger partial charge on any atom is -0.000313 e. The van der Waals surface area contributed by atoms with E-state index in [9.17, 15) is 0 Å². The van der Waals surface area contributed by atoms with Crippen molar-refractivity contribution in [2.24, 2.45) is 11.3 Å². The maximum absolute atomic E-state index is 3.33. The van der Waals surface area contributed by atoms with Gasteiger partial charge in [-0.25, -0.2) is 0 Å². The molecular weight excluding hydrogens is 122 g/mol. The molecule has 1 saturated heterocycles. The summed E-state index contributed by atoms with van der Waals surface area (Å²) in [4.78, 5) is 0. The van der Waals surface area contributed by atoms with Crippen LogP contribution in [0.15, 0.2) is 0 Å². The molecule has 0 bridgehead atoms. The Morgan fingerprint density at radius 1 is 1.40 bits per heavy atom. The van der Waals surface area contributed by atoms with E-state index >= 15 is 0 Å². The third kappa shape index (κ3) is 1.51. The molecule has 0 saturated carbocycles. The molecule has 1 heterocycles. The molecule has 0 aromatic carbocycles. The van der Waals surface area contributed by atoms with Gasteiger partial charge in [0.05, 0.1) is 0 Å². The summed E-state index contributed by atoms with van der Waals surface area (Å²) in [6.45, 7) is 9.54. The van der Waals surface area contributed by atoms with Crippen molar-refractivity contribution in [1.29, 1.82) is 0 Å². The highest BCUT2D eigenvalue weighted by Gasteiger charge is 2.32. The minimum Gasteiger partial charge on any atom is -0.316 e. The lowest BCUT2D eigenvalue weighted by Gasteiger charge is -2.41. The van der Waals surface area contributed by atoms with E-state index in [1.54, 1.807) is 0 Å². The van der Waals surface area contributed by atoms with E-state index in [2.05, 4.69) is 26.1 Å². The van der Waals surface area contributed by atoms with Crippen molar-refractivity contribution in [3.8, 4) is 0 Å². The van der Waals surface area contributed by atoms with Crippen LogP contribution in [0, 0.1) is 11.3 Å². The molecule has 0 spiro atoms. The highest BCUT2D eigenvalue weighted by atomic mass is 15.0. The molecule has 0 aliphatic carbocycles. The van der Waals surface area contributed by atoms with Crippen LogP contribution in [-0.4, -0.2) is 13.1 Å². The Kier molecular flexibility index (Phi) is 2.35. The van der Waals surface area contributed by atoms with Crippen LogP contribution in [0.1, 0.15) is 33.6 Å². The van der Waals surface area contributed by atoms with Gasteiger partial charge in [-0.2, -0.15) is 0 Å². The van der Waals surface area contributed by atoms with Gasteiger partial charge < -0.3 is 5.32 Å². The van der Waals surface area contributed by atoms with Crippen molar-refractivity contribution in [2.45, 2.75) is 33.6 Å². The van der Waals surface area contributed by atoms with Gasteiger partial charge >= 0.3 is 0 Å². The third-order valence-electron chi connectivity index (χ3n) is 2.78. The minimum atomic E-state index is 0.583. The van der Waals surface area contributed by atoms with Crippen LogP contribution in [0.4, 0.5) is 0 Å². The topological polar surface area (TPSA) is 12.0 Å². The summed E-state index contributed by atoms with van der Waals surface area (Å²) in [5, 5.41) is 3.33. The highest BCUT2D eigenvalue weighted by molar-refractivity contribution is 4.87. The normalized spacial score (nSPS) is 20.7. The maximum atomic E-state index is 3.33. The summed E-state index contributed by atoms with van der Waals surface area (Å²) in [5.41, 5.74) is 0.583. The van der Waals surface area contributed by atoms with Crippen molar-refractivity contribution in [3.05, 3.63) is 0 Å². The fourth-order valence-corrected chi connectivity index (χ4v) is 1.69. The molecule has 60 valence electrons. The number of rotatable bonds is 3. The van der Waals surface area contributed by atoms with Gasteiger partial charge in [0.15, 0.2) is 0 Å². The first-order chi connectivity index (χ1) is 4.67. The van der Waals surface area contributed by atoms with E-state index < -0.39 is 0 Å². The van der Waals surface area contributed by atoms with Crippen LogP contribution in [-0.2, 0) is 0 Å². The quantitative estimate of drug-likeness (QED) is 0.634. The standard InChI is InChI=1S/C9H19N/c1-4-5-9(2,3)8-6-10-7-8/h8,10H,4-7H2,1-3H3. The molecular formula is C9H19N. The molecule has 1 aliphatic rings. The Morgan fingerprint density at radius 3 is 2.30 bits per heavy atom. The zero-order valence-electron chi connectivity index (χ0n) is 7.41. The van der Waals surface area contributed by atoms with E-state index in [1.165, 1.54) is 25.9 Å². The molecule has 0 atom stereocenters. The minimum absolute atomic E-state index is 0.583. The van der Waals surface area contributed by atoms with E-state index in [0.717, 1.165) is 5.92 Å². The molecule has 0 aromatic heterocycles. The average Bonchev–Trinajstić information content (AvgIpc) is 1.56. The molecule has 1 aliphatic heterocycles. The molecule has 1 nitrogen and oxygen atoms in total. The third-order valence-corrected chi connectivity index (χ3v) is 2.78. The lowest BCUT2D eigenvalue weighted by atomic mass is 9.72. The van der Waals surface area contributed by atoms with Gasteiger partial charge in [0, 0.05) is 0 Å². The van der Waals surface area contributed by atoms with Crippen LogP contribution < -0.4 is 5.32 Å². The Balaban J connectivity index is 2.33. The second-order valence-electron chi connectivity index (χ2n) is 4.09. The number of nitrogens with one attached hydrogen (secondary N) is 1. The van der Waals surface area contributed by atoms with E-state index in [0.29, 0.717) is 5.41 Å². The fourth-order valence-electron chi connectivity index (χ4n) is 1.69. The predicted octanol–water partition coefficient (Wildman–Crippen LogP) is 2.03. The Bertz CT molecular complexity index is 103. The van der Waals surface area contributed by atoms with Crippen molar-refractivity contribution in [2.75, 3.05) is 13.1 Å². The van der Waals surface area contributed by atoms with Crippen molar-refractivity contribution >= 4 is 0 Å². The highest BCUT2D eigenvalue weighted by Crippen LogP contribution is 2.33. The van der Waals surface area contributed by atoms with Gasteiger partial charge in [-0.1, -0.05) is 27.2 Å². The van der Waals surface area contributed by atoms with Crippen LogP contribution in [0.25, 0.3) is 0 Å². The number of hydrogen-bond acceptors (Lipinski definition) is 1. The SMILES string of the molecule is CCCC(C)(C)C1CNC1. The van der Waals surface area contributed by atoms with Crippen LogP contribution in [0.3, 0.4) is 0 Å². The summed E-state index contributed by atoms with van der Waals surface area (Å²) in [5.74, 6) is 0.937. The molecule has 0 radical (unpaired) electrons.